The molecular formula is C13H17BrN2O2. The van der Waals surface area contributed by atoms with Gasteiger partial charge in [0.2, 0.25) is 5.91 Å². The van der Waals surface area contributed by atoms with E-state index in [0.29, 0.717) is 5.56 Å². The summed E-state index contributed by atoms with van der Waals surface area (Å²) in [5, 5.41) is 2.80. The third-order valence-electron chi connectivity index (χ3n) is 2.43. The maximum absolute atomic E-state index is 12.1. The predicted molar refractivity (Wildman–Crippen MR) is 74.2 cm³/mol. The van der Waals surface area contributed by atoms with Crippen molar-refractivity contribution in [2.75, 3.05) is 0 Å². The molecule has 98 valence electrons. The van der Waals surface area contributed by atoms with Crippen LogP contribution in [0.2, 0.25) is 0 Å². The van der Waals surface area contributed by atoms with Crippen LogP contribution in [0.3, 0.4) is 0 Å². The number of halogens is 1. The fourth-order valence-electron chi connectivity index (χ4n) is 1.67. The Morgan fingerprint density at radius 1 is 1.39 bits per heavy atom. The lowest BCUT2D eigenvalue weighted by molar-refractivity contribution is -0.119. The quantitative estimate of drug-likeness (QED) is 0.894. The Labute approximate surface area is 115 Å². The molecule has 0 saturated carbocycles. The number of carbonyl (C=O) groups excluding carboxylic acids is 2. The van der Waals surface area contributed by atoms with Gasteiger partial charge in [0.25, 0.3) is 5.91 Å². The highest BCUT2D eigenvalue weighted by molar-refractivity contribution is 9.10. The summed E-state index contributed by atoms with van der Waals surface area (Å²) in [6.45, 7) is 5.44. The maximum Gasteiger partial charge on any atom is 0.252 e. The lowest BCUT2D eigenvalue weighted by atomic mass is 9.99. The van der Waals surface area contributed by atoms with Crippen molar-refractivity contribution < 1.29 is 9.59 Å². The van der Waals surface area contributed by atoms with Crippen molar-refractivity contribution >= 4 is 27.7 Å². The van der Waals surface area contributed by atoms with Gasteiger partial charge in [-0.1, -0.05) is 11.6 Å². The van der Waals surface area contributed by atoms with Gasteiger partial charge in [0.1, 0.15) is 0 Å². The Morgan fingerprint density at radius 2 is 2.00 bits per heavy atom. The molecule has 1 rings (SSSR count). The molecule has 1 aromatic rings. The van der Waals surface area contributed by atoms with Crippen LogP contribution >= 0.6 is 15.9 Å². The molecule has 0 bridgehead atoms. The van der Waals surface area contributed by atoms with Gasteiger partial charge in [0.15, 0.2) is 0 Å². The van der Waals surface area contributed by atoms with E-state index < -0.39 is 11.4 Å². The van der Waals surface area contributed by atoms with Gasteiger partial charge < -0.3 is 11.1 Å². The second kappa shape index (κ2) is 5.52. The second-order valence-corrected chi connectivity index (χ2v) is 5.82. The van der Waals surface area contributed by atoms with Crippen molar-refractivity contribution in [1.29, 1.82) is 0 Å². The third kappa shape index (κ3) is 4.14. The first-order chi connectivity index (χ1) is 8.21. The molecule has 0 radical (unpaired) electrons. The molecule has 0 unspecified atom stereocenters. The van der Waals surface area contributed by atoms with Crippen molar-refractivity contribution in [1.82, 2.24) is 5.32 Å². The SMILES string of the molecule is Cc1ccc(Br)c(C(=O)NC(C)(C)CC(N)=O)c1. The number of aryl methyl sites for hydroxylation is 1. The van der Waals surface area contributed by atoms with Gasteiger partial charge in [0, 0.05) is 16.4 Å². The highest BCUT2D eigenvalue weighted by Crippen LogP contribution is 2.19. The smallest absolute Gasteiger partial charge is 0.252 e. The average Bonchev–Trinajstić information content (AvgIpc) is 2.18. The number of rotatable bonds is 4. The molecule has 0 aliphatic carbocycles. The monoisotopic (exact) mass is 312 g/mol. The zero-order valence-corrected chi connectivity index (χ0v) is 12.3. The Kier molecular flexibility index (Phi) is 4.51. The van der Waals surface area contributed by atoms with Gasteiger partial charge in [-0.2, -0.15) is 0 Å². The van der Waals surface area contributed by atoms with Crippen LogP contribution in [0.15, 0.2) is 22.7 Å². The van der Waals surface area contributed by atoms with E-state index in [-0.39, 0.29) is 12.3 Å². The third-order valence-corrected chi connectivity index (χ3v) is 3.13. The van der Waals surface area contributed by atoms with Crippen molar-refractivity contribution in [3.05, 3.63) is 33.8 Å². The summed E-state index contributed by atoms with van der Waals surface area (Å²) >= 11 is 3.34. The number of primary amides is 1. The highest BCUT2D eigenvalue weighted by Gasteiger charge is 2.24. The minimum absolute atomic E-state index is 0.0994. The summed E-state index contributed by atoms with van der Waals surface area (Å²) < 4.78 is 0.723. The fraction of sp³-hybridized carbons (Fsp3) is 0.385. The van der Waals surface area contributed by atoms with E-state index in [0.717, 1.165) is 10.0 Å². The number of hydrogen-bond donors (Lipinski definition) is 2. The van der Waals surface area contributed by atoms with Crippen LogP contribution in [0.4, 0.5) is 0 Å². The van der Waals surface area contributed by atoms with Crippen molar-refractivity contribution in [3.8, 4) is 0 Å². The minimum atomic E-state index is -0.661. The predicted octanol–water partition coefficient (Wildman–Crippen LogP) is 2.14. The van der Waals surface area contributed by atoms with E-state index in [9.17, 15) is 9.59 Å². The highest BCUT2D eigenvalue weighted by atomic mass is 79.9. The standard InChI is InChI=1S/C13H17BrN2O2/c1-8-4-5-10(14)9(6-8)12(18)16-13(2,3)7-11(15)17/h4-6H,7H2,1-3H3,(H2,15,17)(H,16,18). The van der Waals surface area contributed by atoms with Crippen LogP contribution in [-0.4, -0.2) is 17.4 Å². The van der Waals surface area contributed by atoms with E-state index >= 15 is 0 Å². The van der Waals surface area contributed by atoms with Gasteiger partial charge in [-0.15, -0.1) is 0 Å². The van der Waals surface area contributed by atoms with E-state index in [1.54, 1.807) is 19.9 Å². The molecule has 5 heteroatoms. The molecule has 4 nitrogen and oxygen atoms in total. The Bertz CT molecular complexity index is 484. The molecule has 0 fully saturated rings. The van der Waals surface area contributed by atoms with E-state index in [2.05, 4.69) is 21.2 Å². The molecule has 0 spiro atoms. The van der Waals surface area contributed by atoms with Gasteiger partial charge >= 0.3 is 0 Å². The lowest BCUT2D eigenvalue weighted by Gasteiger charge is -2.25. The summed E-state index contributed by atoms with van der Waals surface area (Å²) in [6.07, 6.45) is 0.0994. The van der Waals surface area contributed by atoms with Crippen LogP contribution in [-0.2, 0) is 4.79 Å². The Balaban J connectivity index is 2.88. The molecule has 3 N–H and O–H groups in total. The van der Waals surface area contributed by atoms with Crippen molar-refractivity contribution in [3.63, 3.8) is 0 Å². The van der Waals surface area contributed by atoms with Crippen molar-refractivity contribution in [2.45, 2.75) is 32.7 Å². The van der Waals surface area contributed by atoms with E-state index in [4.69, 9.17) is 5.73 Å². The van der Waals surface area contributed by atoms with Crippen LogP contribution < -0.4 is 11.1 Å². The number of carbonyl (C=O) groups is 2. The number of nitrogens with two attached hydrogens (primary N) is 1. The minimum Gasteiger partial charge on any atom is -0.370 e. The molecular weight excluding hydrogens is 296 g/mol. The molecule has 0 saturated heterocycles. The van der Waals surface area contributed by atoms with E-state index in [1.807, 2.05) is 19.1 Å². The van der Waals surface area contributed by atoms with Crippen LogP contribution in [0.25, 0.3) is 0 Å². The number of hydrogen-bond acceptors (Lipinski definition) is 2. The fourth-order valence-corrected chi connectivity index (χ4v) is 2.09. The number of nitrogens with one attached hydrogen (secondary N) is 1. The summed E-state index contributed by atoms with van der Waals surface area (Å²) in [4.78, 5) is 23.0. The number of amides is 2. The first-order valence-corrected chi connectivity index (χ1v) is 6.37. The van der Waals surface area contributed by atoms with Gasteiger partial charge in [-0.25, -0.2) is 0 Å². The summed E-state index contributed by atoms with van der Waals surface area (Å²) in [5.41, 5.74) is 6.03. The van der Waals surface area contributed by atoms with Crippen LogP contribution in [0, 0.1) is 6.92 Å². The molecule has 18 heavy (non-hydrogen) atoms. The largest absolute Gasteiger partial charge is 0.370 e. The summed E-state index contributed by atoms with van der Waals surface area (Å²) in [5.74, 6) is -0.666. The molecule has 0 heterocycles. The normalized spacial score (nSPS) is 11.1. The van der Waals surface area contributed by atoms with Gasteiger partial charge in [-0.3, -0.25) is 9.59 Å². The van der Waals surface area contributed by atoms with Crippen molar-refractivity contribution in [2.24, 2.45) is 5.73 Å². The lowest BCUT2D eigenvalue weighted by Crippen LogP contribution is -2.46. The maximum atomic E-state index is 12.1. The first kappa shape index (κ1) is 14.7. The zero-order valence-electron chi connectivity index (χ0n) is 10.7. The summed E-state index contributed by atoms with van der Waals surface area (Å²) in [7, 11) is 0. The topological polar surface area (TPSA) is 72.2 Å². The molecule has 0 aliphatic rings. The average molecular weight is 313 g/mol. The zero-order chi connectivity index (χ0) is 13.9. The molecule has 0 atom stereocenters. The summed E-state index contributed by atoms with van der Waals surface area (Å²) in [6, 6.07) is 5.53. The van der Waals surface area contributed by atoms with Gasteiger partial charge in [-0.05, 0) is 48.8 Å². The Hall–Kier alpha value is -1.36. The van der Waals surface area contributed by atoms with Crippen LogP contribution in [0.5, 0.6) is 0 Å². The molecule has 0 aromatic heterocycles. The molecule has 2 amide bonds. The first-order valence-electron chi connectivity index (χ1n) is 5.58. The second-order valence-electron chi connectivity index (χ2n) is 4.96. The molecule has 1 aromatic carbocycles. The number of benzene rings is 1. The Morgan fingerprint density at radius 3 is 2.56 bits per heavy atom. The molecule has 0 aliphatic heterocycles. The van der Waals surface area contributed by atoms with E-state index in [1.165, 1.54) is 0 Å². The van der Waals surface area contributed by atoms with Crippen LogP contribution in [0.1, 0.15) is 36.2 Å². The van der Waals surface area contributed by atoms with Gasteiger partial charge in [0.05, 0.1) is 5.56 Å².